The van der Waals surface area contributed by atoms with Gasteiger partial charge in [0, 0.05) is 12.4 Å². The van der Waals surface area contributed by atoms with Crippen LogP contribution in [-0.2, 0) is 12.6 Å². The van der Waals surface area contributed by atoms with Crippen LogP contribution in [0.4, 0.5) is 13.2 Å². The zero-order valence-corrected chi connectivity index (χ0v) is 11.9. The normalized spacial score (nSPS) is 12.0. The van der Waals surface area contributed by atoms with Crippen LogP contribution in [0.15, 0.2) is 24.8 Å². The van der Waals surface area contributed by atoms with Gasteiger partial charge >= 0.3 is 6.18 Å². The number of alkyl halides is 3. The second-order valence-electron chi connectivity index (χ2n) is 4.79. The maximum absolute atomic E-state index is 13.0. The Morgan fingerprint density at radius 1 is 1.23 bits per heavy atom. The maximum atomic E-state index is 13.0. The van der Waals surface area contributed by atoms with Gasteiger partial charge in [0.1, 0.15) is 11.8 Å². The number of rotatable bonds is 2. The van der Waals surface area contributed by atoms with E-state index in [1.165, 1.54) is 10.9 Å². The van der Waals surface area contributed by atoms with E-state index in [9.17, 15) is 13.2 Å². The quantitative estimate of drug-likeness (QED) is 0.730. The second-order valence-corrected chi connectivity index (χ2v) is 4.79. The summed E-state index contributed by atoms with van der Waals surface area (Å²) in [6, 6.07) is 1.71. The molecule has 8 heteroatoms. The highest BCUT2D eigenvalue weighted by molar-refractivity contribution is 5.76. The van der Waals surface area contributed by atoms with E-state index in [0.29, 0.717) is 17.6 Å². The van der Waals surface area contributed by atoms with Gasteiger partial charge in [0.2, 0.25) is 5.82 Å². The predicted octanol–water partition coefficient (Wildman–Crippen LogP) is 3.10. The molecule has 0 bridgehead atoms. The molecule has 0 atom stereocenters. The molecule has 5 nitrogen and oxygen atoms in total. The summed E-state index contributed by atoms with van der Waals surface area (Å²) < 4.78 is 40.5. The summed E-state index contributed by atoms with van der Waals surface area (Å²) in [4.78, 5) is 15.4. The third-order valence-electron chi connectivity index (χ3n) is 3.31. The number of fused-ring (bicyclic) bond motifs is 1. The molecule has 0 saturated carbocycles. The number of hydrogen-bond donors (Lipinski definition) is 0. The summed E-state index contributed by atoms with van der Waals surface area (Å²) in [5.74, 6) is -1.15. The Morgan fingerprint density at radius 3 is 2.64 bits per heavy atom. The van der Waals surface area contributed by atoms with Crippen LogP contribution in [0.25, 0.3) is 16.9 Å². The molecule has 0 aliphatic carbocycles. The summed E-state index contributed by atoms with van der Waals surface area (Å²) >= 11 is 0. The second kappa shape index (κ2) is 5.04. The average Bonchev–Trinajstić information content (AvgIpc) is 2.89. The summed E-state index contributed by atoms with van der Waals surface area (Å²) in [5.41, 5.74) is 2.31. The van der Waals surface area contributed by atoms with Gasteiger partial charge in [-0.25, -0.2) is 15.0 Å². The van der Waals surface area contributed by atoms with Gasteiger partial charge in [-0.2, -0.15) is 13.2 Å². The topological polar surface area (TPSA) is 56.5 Å². The third kappa shape index (κ3) is 2.30. The average molecular weight is 307 g/mol. The molecule has 0 fully saturated rings. The smallest absolute Gasteiger partial charge is 0.283 e. The van der Waals surface area contributed by atoms with E-state index >= 15 is 0 Å². The highest BCUT2D eigenvalue weighted by Crippen LogP contribution is 2.29. The summed E-state index contributed by atoms with van der Waals surface area (Å²) in [7, 11) is 0. The molecule has 0 aliphatic heterocycles. The third-order valence-corrected chi connectivity index (χ3v) is 3.31. The van der Waals surface area contributed by atoms with Crippen molar-refractivity contribution in [2.45, 2.75) is 26.4 Å². The van der Waals surface area contributed by atoms with E-state index in [-0.39, 0.29) is 11.3 Å². The van der Waals surface area contributed by atoms with Crippen molar-refractivity contribution in [3.8, 4) is 5.69 Å². The molecule has 3 aromatic rings. The number of aryl methyl sites for hydroxylation is 2. The first-order valence-electron chi connectivity index (χ1n) is 6.64. The minimum Gasteiger partial charge on any atom is -0.283 e. The molecule has 0 amide bonds. The lowest BCUT2D eigenvalue weighted by Gasteiger charge is -2.10. The Kier molecular flexibility index (Phi) is 3.31. The predicted molar refractivity (Wildman–Crippen MR) is 73.6 cm³/mol. The Hall–Kier alpha value is -2.51. The van der Waals surface area contributed by atoms with Crippen molar-refractivity contribution < 1.29 is 13.2 Å². The van der Waals surface area contributed by atoms with Crippen LogP contribution >= 0.6 is 0 Å². The number of imidazole rings is 1. The van der Waals surface area contributed by atoms with Crippen LogP contribution in [0.5, 0.6) is 0 Å². The number of pyridine rings is 1. The molecule has 0 saturated heterocycles. The van der Waals surface area contributed by atoms with Crippen molar-refractivity contribution in [1.29, 1.82) is 0 Å². The standard InChI is InChI=1S/C14H12F3N5/c1-3-9-11-12(21-13(20-9)14(15,16)17)22(7-19-11)10-4-5-18-6-8(10)2/h4-7H,3H2,1-2H3. The highest BCUT2D eigenvalue weighted by Gasteiger charge is 2.36. The Labute approximate surface area is 123 Å². The van der Waals surface area contributed by atoms with E-state index in [2.05, 4.69) is 19.9 Å². The molecule has 0 N–H and O–H groups in total. The molecule has 0 aliphatic rings. The number of halogens is 3. The first-order chi connectivity index (χ1) is 10.4. The Morgan fingerprint density at radius 2 is 2.00 bits per heavy atom. The van der Waals surface area contributed by atoms with Gasteiger partial charge in [0.25, 0.3) is 0 Å². The zero-order valence-electron chi connectivity index (χ0n) is 11.9. The molecule has 3 aromatic heterocycles. The van der Waals surface area contributed by atoms with Gasteiger partial charge in [0.15, 0.2) is 5.65 Å². The molecule has 0 spiro atoms. The monoisotopic (exact) mass is 307 g/mol. The number of aromatic nitrogens is 5. The van der Waals surface area contributed by atoms with Gasteiger partial charge < -0.3 is 0 Å². The lowest BCUT2D eigenvalue weighted by molar-refractivity contribution is -0.144. The summed E-state index contributed by atoms with van der Waals surface area (Å²) in [6.45, 7) is 3.55. The largest absolute Gasteiger partial charge is 0.451 e. The fourth-order valence-electron chi connectivity index (χ4n) is 2.24. The molecule has 114 valence electrons. The SMILES string of the molecule is CCc1nc(C(F)(F)F)nc2c1ncn2-c1ccncc1C. The summed E-state index contributed by atoms with van der Waals surface area (Å²) in [5, 5.41) is 0. The lowest BCUT2D eigenvalue weighted by atomic mass is 10.2. The zero-order chi connectivity index (χ0) is 15.9. The molecular formula is C14H12F3N5. The van der Waals surface area contributed by atoms with E-state index in [4.69, 9.17) is 0 Å². The van der Waals surface area contributed by atoms with Crippen LogP contribution in [0, 0.1) is 6.92 Å². The van der Waals surface area contributed by atoms with Crippen molar-refractivity contribution in [2.24, 2.45) is 0 Å². The minimum atomic E-state index is -4.60. The summed E-state index contributed by atoms with van der Waals surface area (Å²) in [6.07, 6.45) is 0.407. The van der Waals surface area contributed by atoms with Crippen LogP contribution in [0.2, 0.25) is 0 Å². The van der Waals surface area contributed by atoms with Gasteiger partial charge in [-0.15, -0.1) is 0 Å². The molecule has 0 radical (unpaired) electrons. The molecule has 0 unspecified atom stereocenters. The Bertz CT molecular complexity index is 838. The highest BCUT2D eigenvalue weighted by atomic mass is 19.4. The van der Waals surface area contributed by atoms with Crippen molar-refractivity contribution in [1.82, 2.24) is 24.5 Å². The molecule has 3 heterocycles. The first kappa shape index (κ1) is 14.4. The van der Waals surface area contributed by atoms with E-state index in [1.807, 2.05) is 6.92 Å². The number of hydrogen-bond acceptors (Lipinski definition) is 4. The fraction of sp³-hybridized carbons (Fsp3) is 0.286. The van der Waals surface area contributed by atoms with E-state index in [0.717, 1.165) is 5.56 Å². The van der Waals surface area contributed by atoms with Gasteiger partial charge in [-0.3, -0.25) is 9.55 Å². The minimum absolute atomic E-state index is 0.147. The van der Waals surface area contributed by atoms with Gasteiger partial charge in [-0.1, -0.05) is 6.92 Å². The molecule has 3 rings (SSSR count). The van der Waals surface area contributed by atoms with E-state index in [1.54, 1.807) is 25.4 Å². The number of nitrogens with zero attached hydrogens (tertiary/aromatic N) is 5. The van der Waals surface area contributed by atoms with Crippen molar-refractivity contribution >= 4 is 11.2 Å². The van der Waals surface area contributed by atoms with Crippen molar-refractivity contribution in [2.75, 3.05) is 0 Å². The van der Waals surface area contributed by atoms with E-state index < -0.39 is 12.0 Å². The molecule has 22 heavy (non-hydrogen) atoms. The van der Waals surface area contributed by atoms with Gasteiger partial charge in [-0.05, 0) is 25.0 Å². The fourth-order valence-corrected chi connectivity index (χ4v) is 2.24. The van der Waals surface area contributed by atoms with Crippen LogP contribution < -0.4 is 0 Å². The van der Waals surface area contributed by atoms with Gasteiger partial charge in [0.05, 0.1) is 11.4 Å². The maximum Gasteiger partial charge on any atom is 0.451 e. The molecule has 0 aromatic carbocycles. The van der Waals surface area contributed by atoms with Crippen molar-refractivity contribution in [3.05, 3.63) is 41.9 Å². The van der Waals surface area contributed by atoms with Crippen LogP contribution in [0.1, 0.15) is 24.0 Å². The Balaban J connectivity index is 2.32. The lowest BCUT2D eigenvalue weighted by Crippen LogP contribution is -2.13. The molecular weight excluding hydrogens is 295 g/mol. The van der Waals surface area contributed by atoms with Crippen molar-refractivity contribution in [3.63, 3.8) is 0 Å². The first-order valence-corrected chi connectivity index (χ1v) is 6.64. The van der Waals surface area contributed by atoms with Crippen LogP contribution in [0.3, 0.4) is 0 Å². The van der Waals surface area contributed by atoms with Crippen LogP contribution in [-0.4, -0.2) is 24.5 Å².